The summed E-state index contributed by atoms with van der Waals surface area (Å²) in [4.78, 5) is 19.0. The summed E-state index contributed by atoms with van der Waals surface area (Å²) in [5.41, 5.74) is 0.746. The van der Waals surface area contributed by atoms with Gasteiger partial charge in [-0.05, 0) is 25.0 Å². The molecule has 19 heavy (non-hydrogen) atoms. The van der Waals surface area contributed by atoms with Crippen LogP contribution in [-0.4, -0.2) is 35.1 Å². The molecule has 0 N–H and O–H groups in total. The molecule has 1 heterocycles. The molecular formula is C15H19BrN2O. The first kappa shape index (κ1) is 14.3. The Bertz CT molecular complexity index is 445. The van der Waals surface area contributed by atoms with Crippen LogP contribution in [0.3, 0.4) is 0 Å². The van der Waals surface area contributed by atoms with E-state index in [4.69, 9.17) is 0 Å². The van der Waals surface area contributed by atoms with Crippen LogP contribution < -0.4 is 0 Å². The van der Waals surface area contributed by atoms with Crippen molar-refractivity contribution >= 4 is 27.7 Å². The zero-order valence-electron chi connectivity index (χ0n) is 11.0. The molecule has 1 fully saturated rings. The molecule has 102 valence electrons. The lowest BCUT2D eigenvalue weighted by Crippen LogP contribution is -2.36. The largest absolute Gasteiger partial charge is 0.297 e. The fourth-order valence-electron chi connectivity index (χ4n) is 2.28. The number of alkyl halides is 1. The van der Waals surface area contributed by atoms with E-state index in [1.807, 2.05) is 35.2 Å². The molecule has 1 amide bonds. The van der Waals surface area contributed by atoms with E-state index in [0.29, 0.717) is 0 Å². The minimum atomic E-state index is 0.0795. The summed E-state index contributed by atoms with van der Waals surface area (Å²) in [6.45, 7) is 1.52. The van der Waals surface area contributed by atoms with Gasteiger partial charge >= 0.3 is 0 Å². The average Bonchev–Trinajstić information content (AvgIpc) is 2.70. The summed E-state index contributed by atoms with van der Waals surface area (Å²) in [7, 11) is 0. The number of carbonyl (C=O) groups is 1. The van der Waals surface area contributed by atoms with Gasteiger partial charge in [0, 0.05) is 23.9 Å². The zero-order chi connectivity index (χ0) is 13.5. The van der Waals surface area contributed by atoms with Crippen LogP contribution >= 0.6 is 15.9 Å². The fourth-order valence-corrected chi connectivity index (χ4v) is 2.46. The molecule has 4 heteroatoms. The molecule has 0 aromatic heterocycles. The van der Waals surface area contributed by atoms with Gasteiger partial charge in [0.15, 0.2) is 0 Å². The first-order valence-electron chi connectivity index (χ1n) is 6.79. The van der Waals surface area contributed by atoms with Crippen molar-refractivity contribution in [2.24, 2.45) is 4.99 Å². The predicted molar refractivity (Wildman–Crippen MR) is 82.0 cm³/mol. The maximum Gasteiger partial charge on any atom is 0.259 e. The number of hydrogen-bond donors (Lipinski definition) is 0. The molecule has 0 atom stereocenters. The number of halogens is 1. The van der Waals surface area contributed by atoms with Gasteiger partial charge in [-0.25, -0.2) is 0 Å². The van der Waals surface area contributed by atoms with Crippen molar-refractivity contribution in [1.82, 2.24) is 4.90 Å². The highest BCUT2D eigenvalue weighted by atomic mass is 79.9. The van der Waals surface area contributed by atoms with E-state index in [-0.39, 0.29) is 5.91 Å². The Morgan fingerprint density at radius 1 is 1.21 bits per heavy atom. The van der Waals surface area contributed by atoms with Gasteiger partial charge in [0.25, 0.3) is 5.91 Å². The standard InChI is InChI=1S/C15H19BrN2O/c16-10-11-17-14-9-5-2-6-12-18(14)15(19)13-7-3-1-4-8-13/h1,3-4,7-8H,2,5-6,9-12H2. The van der Waals surface area contributed by atoms with E-state index >= 15 is 0 Å². The summed E-state index contributed by atoms with van der Waals surface area (Å²) in [6.07, 6.45) is 4.27. The van der Waals surface area contributed by atoms with Crippen molar-refractivity contribution < 1.29 is 4.79 Å². The first-order valence-corrected chi connectivity index (χ1v) is 7.91. The molecule has 1 aromatic carbocycles. The summed E-state index contributed by atoms with van der Waals surface area (Å²) in [6, 6.07) is 9.48. The highest BCUT2D eigenvalue weighted by molar-refractivity contribution is 9.09. The van der Waals surface area contributed by atoms with Gasteiger partial charge in [0.2, 0.25) is 0 Å². The third-order valence-corrected chi connectivity index (χ3v) is 3.59. The van der Waals surface area contributed by atoms with Gasteiger partial charge in [-0.15, -0.1) is 0 Å². The summed E-state index contributed by atoms with van der Waals surface area (Å²) in [5.74, 6) is 1.03. The average molecular weight is 323 g/mol. The molecule has 0 bridgehead atoms. The molecule has 0 saturated carbocycles. The number of benzene rings is 1. The number of carbonyl (C=O) groups excluding carboxylic acids is 1. The van der Waals surface area contributed by atoms with Crippen molar-refractivity contribution in [1.29, 1.82) is 0 Å². The third kappa shape index (κ3) is 3.90. The first-order chi connectivity index (χ1) is 9.33. The lowest BCUT2D eigenvalue weighted by atomic mass is 10.2. The van der Waals surface area contributed by atoms with Crippen molar-refractivity contribution in [3.63, 3.8) is 0 Å². The number of amides is 1. The van der Waals surface area contributed by atoms with Gasteiger partial charge < -0.3 is 0 Å². The maximum absolute atomic E-state index is 12.6. The second kappa shape index (κ2) is 7.43. The smallest absolute Gasteiger partial charge is 0.259 e. The molecule has 1 aliphatic rings. The van der Waals surface area contributed by atoms with E-state index in [1.165, 1.54) is 6.42 Å². The third-order valence-electron chi connectivity index (χ3n) is 3.24. The molecule has 2 rings (SSSR count). The molecule has 0 aliphatic carbocycles. The highest BCUT2D eigenvalue weighted by Gasteiger charge is 2.22. The summed E-state index contributed by atoms with van der Waals surface area (Å²) < 4.78 is 0. The van der Waals surface area contributed by atoms with E-state index in [9.17, 15) is 4.79 Å². The van der Waals surface area contributed by atoms with E-state index < -0.39 is 0 Å². The Kier molecular flexibility index (Phi) is 5.58. The Morgan fingerprint density at radius 2 is 2.00 bits per heavy atom. The number of nitrogens with zero attached hydrogens (tertiary/aromatic N) is 2. The van der Waals surface area contributed by atoms with Crippen molar-refractivity contribution in [2.75, 3.05) is 18.4 Å². The number of amidine groups is 1. The quantitative estimate of drug-likeness (QED) is 0.784. The monoisotopic (exact) mass is 322 g/mol. The number of aliphatic imine (C=N–C) groups is 1. The second-order valence-corrected chi connectivity index (χ2v) is 5.41. The normalized spacial score (nSPS) is 18.4. The van der Waals surface area contributed by atoms with Crippen LogP contribution in [0.4, 0.5) is 0 Å². The molecule has 1 aliphatic heterocycles. The highest BCUT2D eigenvalue weighted by Crippen LogP contribution is 2.16. The van der Waals surface area contributed by atoms with Crippen molar-refractivity contribution in [3.8, 4) is 0 Å². The fraction of sp³-hybridized carbons (Fsp3) is 0.467. The van der Waals surface area contributed by atoms with Crippen LogP contribution in [0.25, 0.3) is 0 Å². The van der Waals surface area contributed by atoms with Crippen LogP contribution in [-0.2, 0) is 0 Å². The number of hydrogen-bond acceptors (Lipinski definition) is 2. The Hall–Kier alpha value is -1.16. The molecule has 0 spiro atoms. The predicted octanol–water partition coefficient (Wildman–Crippen LogP) is 3.50. The number of rotatable bonds is 3. The van der Waals surface area contributed by atoms with Crippen molar-refractivity contribution in [3.05, 3.63) is 35.9 Å². The topological polar surface area (TPSA) is 32.7 Å². The molecule has 1 saturated heterocycles. The van der Waals surface area contributed by atoms with Crippen LogP contribution in [0.5, 0.6) is 0 Å². The Morgan fingerprint density at radius 3 is 2.74 bits per heavy atom. The van der Waals surface area contributed by atoms with Gasteiger partial charge in [-0.2, -0.15) is 0 Å². The van der Waals surface area contributed by atoms with Crippen LogP contribution in [0.2, 0.25) is 0 Å². The minimum Gasteiger partial charge on any atom is -0.297 e. The summed E-state index contributed by atoms with van der Waals surface area (Å²) in [5, 5.41) is 0.837. The number of likely N-dealkylation sites (tertiary alicyclic amines) is 1. The molecule has 3 nitrogen and oxygen atoms in total. The van der Waals surface area contributed by atoms with Gasteiger partial charge in [-0.3, -0.25) is 14.7 Å². The minimum absolute atomic E-state index is 0.0795. The van der Waals surface area contributed by atoms with Crippen LogP contribution in [0, 0.1) is 0 Å². The molecule has 0 unspecified atom stereocenters. The molecule has 1 aromatic rings. The van der Waals surface area contributed by atoms with Crippen LogP contribution in [0.15, 0.2) is 35.3 Å². The lowest BCUT2D eigenvalue weighted by molar-refractivity contribution is 0.0846. The zero-order valence-corrected chi connectivity index (χ0v) is 12.6. The Labute approximate surface area is 122 Å². The van der Waals surface area contributed by atoms with E-state index in [2.05, 4.69) is 20.9 Å². The Balaban J connectivity index is 2.20. The maximum atomic E-state index is 12.6. The van der Waals surface area contributed by atoms with Crippen molar-refractivity contribution in [2.45, 2.75) is 25.7 Å². The van der Waals surface area contributed by atoms with Gasteiger partial charge in [0.05, 0.1) is 6.54 Å². The van der Waals surface area contributed by atoms with Crippen LogP contribution in [0.1, 0.15) is 36.0 Å². The second-order valence-electron chi connectivity index (χ2n) is 4.62. The van der Waals surface area contributed by atoms with E-state index in [0.717, 1.165) is 49.1 Å². The van der Waals surface area contributed by atoms with Gasteiger partial charge in [-0.1, -0.05) is 40.5 Å². The molecule has 0 radical (unpaired) electrons. The lowest BCUT2D eigenvalue weighted by Gasteiger charge is -2.22. The van der Waals surface area contributed by atoms with Gasteiger partial charge in [0.1, 0.15) is 5.84 Å². The summed E-state index contributed by atoms with van der Waals surface area (Å²) >= 11 is 3.39. The molecular weight excluding hydrogens is 304 g/mol. The van der Waals surface area contributed by atoms with E-state index in [1.54, 1.807) is 0 Å². The SMILES string of the molecule is O=C(c1ccccc1)N1CCCCCC1=NCCBr.